The number of amides is 1. The number of hydroxylamine groups is 1. The molecule has 2 aromatic rings. The Morgan fingerprint density at radius 1 is 1.22 bits per heavy atom. The van der Waals surface area contributed by atoms with Crippen LogP contribution in [-0.2, 0) is 24.2 Å². The molecule has 2 aromatic carbocycles. The molecule has 0 saturated carbocycles. The summed E-state index contributed by atoms with van der Waals surface area (Å²) in [4.78, 5) is 11.5. The van der Waals surface area contributed by atoms with Gasteiger partial charge in [-0.05, 0) is 60.2 Å². The van der Waals surface area contributed by atoms with Gasteiger partial charge >= 0.3 is 0 Å². The van der Waals surface area contributed by atoms with Crippen molar-refractivity contribution in [1.29, 1.82) is 0 Å². The highest BCUT2D eigenvalue weighted by atomic mass is 35.5. The first-order valence-corrected chi connectivity index (χ1v) is 7.96. The predicted octanol–water partition coefficient (Wildman–Crippen LogP) is 3.53. The van der Waals surface area contributed by atoms with Gasteiger partial charge in [-0.2, -0.15) is 0 Å². The highest BCUT2D eigenvalue weighted by molar-refractivity contribution is 6.30. The molecule has 1 amide bonds. The molecule has 0 heterocycles. The Balaban J connectivity index is 1.64. The van der Waals surface area contributed by atoms with E-state index in [0.29, 0.717) is 12.2 Å². The molecule has 0 bridgehead atoms. The van der Waals surface area contributed by atoms with Crippen LogP contribution in [0.3, 0.4) is 0 Å². The molecule has 1 aliphatic rings. The Hall–Kier alpha value is -1.88. The molecule has 0 aromatic heterocycles. The topological polar surface area (TPSA) is 58.6 Å². The number of carbonyl (C=O) groups excluding carboxylic acids is 1. The number of nitrogens with one attached hydrogen (secondary N) is 1. The van der Waals surface area contributed by atoms with E-state index in [1.165, 1.54) is 5.56 Å². The Morgan fingerprint density at radius 3 is 2.74 bits per heavy atom. The minimum atomic E-state index is -0.489. The van der Waals surface area contributed by atoms with Crippen molar-refractivity contribution in [2.24, 2.45) is 0 Å². The van der Waals surface area contributed by atoms with Crippen LogP contribution >= 0.6 is 11.6 Å². The van der Waals surface area contributed by atoms with E-state index in [1.54, 1.807) is 11.5 Å². The van der Waals surface area contributed by atoms with E-state index >= 15 is 0 Å². The Bertz CT molecular complexity index is 700. The lowest BCUT2D eigenvalue weighted by atomic mass is 9.88. The van der Waals surface area contributed by atoms with Gasteiger partial charge in [0, 0.05) is 10.6 Å². The molecule has 4 nitrogen and oxygen atoms in total. The summed E-state index contributed by atoms with van der Waals surface area (Å²) in [6.07, 6.45) is 2.80. The molecule has 23 heavy (non-hydrogen) atoms. The van der Waals surface area contributed by atoms with E-state index in [9.17, 15) is 4.79 Å². The first-order chi connectivity index (χ1) is 11.2. The van der Waals surface area contributed by atoms with Crippen LogP contribution in [0.4, 0.5) is 0 Å². The largest absolute Gasteiger partial charge is 0.373 e. The first-order valence-electron chi connectivity index (χ1n) is 7.58. The summed E-state index contributed by atoms with van der Waals surface area (Å²) in [6, 6.07) is 13.2. The average molecular weight is 332 g/mol. The second-order valence-corrected chi connectivity index (χ2v) is 6.16. The molecule has 1 unspecified atom stereocenters. The molecule has 1 aliphatic carbocycles. The number of hydrogen-bond acceptors (Lipinski definition) is 3. The summed E-state index contributed by atoms with van der Waals surface area (Å²) in [7, 11) is 0. The zero-order valence-electron chi connectivity index (χ0n) is 12.6. The molecule has 0 spiro atoms. The van der Waals surface area contributed by atoms with E-state index in [4.69, 9.17) is 21.5 Å². The van der Waals surface area contributed by atoms with Crippen molar-refractivity contribution in [3.63, 3.8) is 0 Å². The predicted molar refractivity (Wildman–Crippen MR) is 87.7 cm³/mol. The summed E-state index contributed by atoms with van der Waals surface area (Å²) in [5.74, 6) is -0.489. The zero-order chi connectivity index (χ0) is 16.2. The Kier molecular flexibility index (Phi) is 4.96. The third-order valence-electron chi connectivity index (χ3n) is 4.15. The van der Waals surface area contributed by atoms with Crippen molar-refractivity contribution in [2.45, 2.75) is 32.0 Å². The van der Waals surface area contributed by atoms with Gasteiger partial charge in [0.2, 0.25) is 0 Å². The van der Waals surface area contributed by atoms with Crippen LogP contribution in [0.25, 0.3) is 0 Å². The highest BCUT2D eigenvalue weighted by Crippen LogP contribution is 2.25. The van der Waals surface area contributed by atoms with E-state index in [2.05, 4.69) is 0 Å². The van der Waals surface area contributed by atoms with Gasteiger partial charge in [0.25, 0.3) is 5.91 Å². The van der Waals surface area contributed by atoms with Crippen molar-refractivity contribution in [2.75, 3.05) is 0 Å². The van der Waals surface area contributed by atoms with E-state index < -0.39 is 5.91 Å². The molecule has 0 fully saturated rings. The van der Waals surface area contributed by atoms with Crippen LogP contribution < -0.4 is 5.48 Å². The second kappa shape index (κ2) is 7.13. The van der Waals surface area contributed by atoms with Crippen molar-refractivity contribution < 1.29 is 14.7 Å². The molecule has 2 N–H and O–H groups in total. The number of ether oxygens (including phenoxy) is 1. The van der Waals surface area contributed by atoms with Crippen molar-refractivity contribution in [3.8, 4) is 0 Å². The summed E-state index contributed by atoms with van der Waals surface area (Å²) in [6.45, 7) is 0.550. The lowest BCUT2D eigenvalue weighted by Gasteiger charge is -2.25. The quantitative estimate of drug-likeness (QED) is 0.665. The number of halogens is 1. The fraction of sp³-hybridized carbons (Fsp3) is 0.278. The SMILES string of the molecule is O=C(NO)c1ccc2c(c1)CC(OCc1ccc(Cl)cc1)CC2. The maximum absolute atomic E-state index is 11.5. The van der Waals surface area contributed by atoms with Gasteiger partial charge in [0.15, 0.2) is 0 Å². The maximum Gasteiger partial charge on any atom is 0.274 e. The van der Waals surface area contributed by atoms with Crippen molar-refractivity contribution in [1.82, 2.24) is 5.48 Å². The third-order valence-corrected chi connectivity index (χ3v) is 4.40. The monoisotopic (exact) mass is 331 g/mol. The number of fused-ring (bicyclic) bond motifs is 1. The van der Waals surface area contributed by atoms with Crippen LogP contribution in [-0.4, -0.2) is 17.2 Å². The van der Waals surface area contributed by atoms with E-state index in [-0.39, 0.29) is 6.10 Å². The fourth-order valence-corrected chi connectivity index (χ4v) is 2.99. The van der Waals surface area contributed by atoms with Crippen LogP contribution in [0, 0.1) is 0 Å². The molecule has 5 heteroatoms. The minimum Gasteiger partial charge on any atom is -0.373 e. The van der Waals surface area contributed by atoms with Gasteiger partial charge in [-0.3, -0.25) is 10.0 Å². The summed E-state index contributed by atoms with van der Waals surface area (Å²) in [5, 5.41) is 9.46. The highest BCUT2D eigenvalue weighted by Gasteiger charge is 2.20. The molecule has 3 rings (SSSR count). The van der Waals surface area contributed by atoms with Crippen LogP contribution in [0.1, 0.15) is 33.5 Å². The molecule has 0 aliphatic heterocycles. The number of rotatable bonds is 4. The maximum atomic E-state index is 11.5. The van der Waals surface area contributed by atoms with E-state index in [1.807, 2.05) is 36.4 Å². The first kappa shape index (κ1) is 16.0. The van der Waals surface area contributed by atoms with Gasteiger partial charge in [-0.15, -0.1) is 0 Å². The molecular formula is C18H18ClNO3. The average Bonchev–Trinajstić information content (AvgIpc) is 2.60. The molecular weight excluding hydrogens is 314 g/mol. The van der Waals surface area contributed by atoms with Gasteiger partial charge in [-0.1, -0.05) is 29.8 Å². The number of carbonyl (C=O) groups is 1. The van der Waals surface area contributed by atoms with Crippen LogP contribution in [0.5, 0.6) is 0 Å². The summed E-state index contributed by atoms with van der Waals surface area (Å²) >= 11 is 5.88. The van der Waals surface area contributed by atoms with E-state index in [0.717, 1.165) is 35.4 Å². The summed E-state index contributed by atoms with van der Waals surface area (Å²) < 4.78 is 6.00. The molecule has 120 valence electrons. The normalized spacial score (nSPS) is 16.7. The number of benzene rings is 2. The lowest BCUT2D eigenvalue weighted by Crippen LogP contribution is -2.24. The summed E-state index contributed by atoms with van der Waals surface area (Å²) in [5.41, 5.74) is 5.57. The molecule has 0 saturated heterocycles. The lowest BCUT2D eigenvalue weighted by molar-refractivity contribution is 0.0319. The van der Waals surface area contributed by atoms with Crippen molar-refractivity contribution in [3.05, 3.63) is 69.7 Å². The van der Waals surface area contributed by atoms with Gasteiger partial charge < -0.3 is 4.74 Å². The van der Waals surface area contributed by atoms with Crippen LogP contribution in [0.2, 0.25) is 5.02 Å². The second-order valence-electron chi connectivity index (χ2n) is 5.73. The Labute approximate surface area is 140 Å². The van der Waals surface area contributed by atoms with Gasteiger partial charge in [-0.25, -0.2) is 5.48 Å². The zero-order valence-corrected chi connectivity index (χ0v) is 13.3. The third kappa shape index (κ3) is 3.91. The standard InChI is InChI=1S/C18H18ClNO3/c19-16-6-1-12(2-7-16)11-23-17-8-5-13-3-4-14(18(21)20-22)9-15(13)10-17/h1-4,6-7,9,17,22H,5,8,10-11H2,(H,20,21). The van der Waals surface area contributed by atoms with Crippen molar-refractivity contribution >= 4 is 17.5 Å². The fourth-order valence-electron chi connectivity index (χ4n) is 2.87. The minimum absolute atomic E-state index is 0.130. The van der Waals surface area contributed by atoms with Gasteiger partial charge in [0.05, 0.1) is 12.7 Å². The van der Waals surface area contributed by atoms with Gasteiger partial charge in [0.1, 0.15) is 0 Å². The molecule has 1 atom stereocenters. The smallest absolute Gasteiger partial charge is 0.274 e. The Morgan fingerprint density at radius 2 is 2.00 bits per heavy atom. The van der Waals surface area contributed by atoms with Crippen LogP contribution in [0.15, 0.2) is 42.5 Å². The number of hydrogen-bond donors (Lipinski definition) is 2. The molecule has 0 radical (unpaired) electrons. The number of aryl methyl sites for hydroxylation is 1.